The van der Waals surface area contributed by atoms with Gasteiger partial charge in [-0.15, -0.1) is 23.5 Å². The molecule has 0 saturated heterocycles. The number of hydrogen-bond acceptors (Lipinski definition) is 5. The molecule has 266 valence electrons. The molecular formula is C43H64O3S2. The standard InChI is InChI=1S/C43H64O3S2/c1-38(2,3)28-19-25(20-29(34(28)44)39(4,5)6)37(47-26-21-30(40(7,8)9)35(45)31(22-26)41(10,11)12)48-27-23-32(42(13,14)15)36(46)33(24-27)43(16,17)18/h19-24,37,44-46H,1-18H3. The minimum atomic E-state index is -0.269. The zero-order valence-electron chi connectivity index (χ0n) is 33.2. The number of benzene rings is 3. The highest BCUT2D eigenvalue weighted by molar-refractivity contribution is 8.16. The molecule has 0 radical (unpaired) electrons. The Hall–Kier alpha value is -2.24. The third-order valence-corrected chi connectivity index (χ3v) is 11.5. The highest BCUT2D eigenvalue weighted by atomic mass is 32.2. The molecule has 0 aliphatic heterocycles. The second-order valence-corrected chi connectivity index (χ2v) is 22.4. The predicted molar refractivity (Wildman–Crippen MR) is 211 cm³/mol. The largest absolute Gasteiger partial charge is 0.507 e. The lowest BCUT2D eigenvalue weighted by Crippen LogP contribution is -2.18. The second kappa shape index (κ2) is 13.1. The van der Waals surface area contributed by atoms with Crippen molar-refractivity contribution in [3.05, 3.63) is 75.3 Å². The molecule has 0 fully saturated rings. The normalized spacial score (nSPS) is 13.8. The van der Waals surface area contributed by atoms with Gasteiger partial charge < -0.3 is 15.3 Å². The summed E-state index contributed by atoms with van der Waals surface area (Å²) in [6.07, 6.45) is 0. The van der Waals surface area contributed by atoms with E-state index in [1.54, 1.807) is 23.5 Å². The number of thioether (sulfide) groups is 2. The molecule has 3 nitrogen and oxygen atoms in total. The summed E-state index contributed by atoms with van der Waals surface area (Å²) in [6, 6.07) is 13.0. The van der Waals surface area contributed by atoms with Crippen molar-refractivity contribution in [1.82, 2.24) is 0 Å². The van der Waals surface area contributed by atoms with Crippen LogP contribution in [0.25, 0.3) is 0 Å². The number of hydrogen-bond donors (Lipinski definition) is 3. The fourth-order valence-corrected chi connectivity index (χ4v) is 8.62. The van der Waals surface area contributed by atoms with Crippen molar-refractivity contribution in [3.63, 3.8) is 0 Å². The summed E-state index contributed by atoms with van der Waals surface area (Å²) in [7, 11) is 0. The Morgan fingerprint density at radius 2 is 0.542 bits per heavy atom. The van der Waals surface area contributed by atoms with Crippen molar-refractivity contribution in [2.24, 2.45) is 0 Å². The van der Waals surface area contributed by atoms with E-state index in [1.165, 1.54) is 0 Å². The molecule has 3 aromatic rings. The van der Waals surface area contributed by atoms with E-state index in [4.69, 9.17) is 0 Å². The lowest BCUT2D eigenvalue weighted by Gasteiger charge is -2.31. The van der Waals surface area contributed by atoms with Crippen molar-refractivity contribution in [3.8, 4) is 17.2 Å². The molecule has 0 bridgehead atoms. The molecule has 3 rings (SSSR count). The maximum atomic E-state index is 11.6. The molecule has 0 spiro atoms. The fraction of sp³-hybridized carbons (Fsp3) is 0.581. The second-order valence-electron chi connectivity index (χ2n) is 19.8. The summed E-state index contributed by atoms with van der Waals surface area (Å²) in [5.74, 6) is 1.12. The molecule has 0 aromatic heterocycles. The van der Waals surface area contributed by atoms with Crippen LogP contribution in [0.1, 0.15) is 168 Å². The van der Waals surface area contributed by atoms with E-state index in [2.05, 4.69) is 161 Å². The van der Waals surface area contributed by atoms with Crippen LogP contribution in [0.2, 0.25) is 0 Å². The van der Waals surface area contributed by atoms with Crippen LogP contribution in [0.3, 0.4) is 0 Å². The summed E-state index contributed by atoms with van der Waals surface area (Å²) in [4.78, 5) is 2.18. The van der Waals surface area contributed by atoms with Crippen molar-refractivity contribution < 1.29 is 15.3 Å². The molecule has 0 atom stereocenters. The lowest BCUT2D eigenvalue weighted by atomic mass is 9.78. The minimum Gasteiger partial charge on any atom is -0.507 e. The Balaban J connectivity index is 2.44. The quantitative estimate of drug-likeness (QED) is 0.183. The van der Waals surface area contributed by atoms with Crippen molar-refractivity contribution in [2.75, 3.05) is 0 Å². The molecule has 0 unspecified atom stereocenters. The van der Waals surface area contributed by atoms with Gasteiger partial charge in [0.05, 0.1) is 4.58 Å². The van der Waals surface area contributed by atoms with Gasteiger partial charge in [-0.05, 0) is 85.6 Å². The average molecular weight is 693 g/mol. The third-order valence-electron chi connectivity index (χ3n) is 8.91. The van der Waals surface area contributed by atoms with E-state index in [0.29, 0.717) is 17.2 Å². The van der Waals surface area contributed by atoms with Crippen molar-refractivity contribution >= 4 is 23.5 Å². The predicted octanol–water partition coefficient (Wildman–Crippen LogP) is 13.2. The smallest absolute Gasteiger partial charge is 0.123 e. The van der Waals surface area contributed by atoms with Gasteiger partial charge in [-0.3, -0.25) is 0 Å². The van der Waals surface area contributed by atoms with Crippen LogP contribution in [0, 0.1) is 0 Å². The van der Waals surface area contributed by atoms with Gasteiger partial charge in [0.15, 0.2) is 0 Å². The highest BCUT2D eigenvalue weighted by Gasteiger charge is 2.32. The number of aromatic hydroxyl groups is 3. The Kier molecular flexibility index (Phi) is 11.0. The maximum Gasteiger partial charge on any atom is 0.123 e. The number of phenolic OH excluding ortho intramolecular Hbond substituents is 3. The van der Waals surface area contributed by atoms with Gasteiger partial charge in [-0.25, -0.2) is 0 Å². The maximum absolute atomic E-state index is 11.6. The molecule has 5 heteroatoms. The monoisotopic (exact) mass is 692 g/mol. The molecule has 3 N–H and O–H groups in total. The summed E-state index contributed by atoms with van der Waals surface area (Å²) >= 11 is 3.58. The van der Waals surface area contributed by atoms with Crippen LogP contribution in [0.4, 0.5) is 0 Å². The minimum absolute atomic E-state index is 0.0943. The number of phenols is 3. The first-order valence-corrected chi connectivity index (χ1v) is 19.1. The first-order valence-electron chi connectivity index (χ1n) is 17.3. The van der Waals surface area contributed by atoms with Crippen LogP contribution in [-0.2, 0) is 32.5 Å². The van der Waals surface area contributed by atoms with Gasteiger partial charge in [0.1, 0.15) is 17.2 Å². The van der Waals surface area contributed by atoms with Gasteiger partial charge in [0, 0.05) is 32.0 Å². The van der Waals surface area contributed by atoms with E-state index < -0.39 is 0 Å². The molecule has 48 heavy (non-hydrogen) atoms. The van der Waals surface area contributed by atoms with E-state index in [0.717, 1.165) is 48.7 Å². The first kappa shape index (κ1) is 40.2. The molecular weight excluding hydrogens is 629 g/mol. The van der Waals surface area contributed by atoms with Crippen LogP contribution in [0.5, 0.6) is 17.2 Å². The zero-order chi connectivity index (χ0) is 37.2. The zero-order valence-corrected chi connectivity index (χ0v) is 34.8. The first-order chi connectivity index (χ1) is 21.3. The highest BCUT2D eigenvalue weighted by Crippen LogP contribution is 2.54. The summed E-state index contributed by atoms with van der Waals surface area (Å²) in [6.45, 7) is 38.8. The SMILES string of the molecule is CC(C)(C)c1cc(SC(Sc2cc(C(C)(C)C)c(O)c(C(C)(C)C)c2)c2cc(C(C)(C)C)c(O)c(C(C)(C)C)c2)cc(C(C)(C)C)c1O. The van der Waals surface area contributed by atoms with E-state index in [9.17, 15) is 15.3 Å². The van der Waals surface area contributed by atoms with Gasteiger partial charge in [-0.1, -0.05) is 125 Å². The van der Waals surface area contributed by atoms with Gasteiger partial charge in [0.2, 0.25) is 0 Å². The Labute approximate surface area is 301 Å². The summed E-state index contributed by atoms with van der Waals surface area (Å²) in [5, 5.41) is 34.7. The lowest BCUT2D eigenvalue weighted by molar-refractivity contribution is 0.421. The van der Waals surface area contributed by atoms with Gasteiger partial charge in [-0.2, -0.15) is 0 Å². The van der Waals surface area contributed by atoms with E-state index in [1.807, 2.05) is 0 Å². The van der Waals surface area contributed by atoms with E-state index >= 15 is 0 Å². The fourth-order valence-electron chi connectivity index (χ4n) is 5.98. The van der Waals surface area contributed by atoms with Crippen LogP contribution < -0.4 is 0 Å². The van der Waals surface area contributed by atoms with Crippen molar-refractivity contribution in [1.29, 1.82) is 0 Å². The van der Waals surface area contributed by atoms with Crippen LogP contribution >= 0.6 is 23.5 Å². The summed E-state index contributed by atoms with van der Waals surface area (Å²) < 4.78 is -0.0943. The topological polar surface area (TPSA) is 60.7 Å². The average Bonchev–Trinajstić information content (AvgIpc) is 2.86. The molecule has 0 saturated carbocycles. The van der Waals surface area contributed by atoms with E-state index in [-0.39, 0.29) is 37.1 Å². The molecule has 3 aromatic carbocycles. The Morgan fingerprint density at radius 1 is 0.354 bits per heavy atom. The summed E-state index contributed by atoms with van der Waals surface area (Å²) in [5.41, 5.74) is 5.21. The Morgan fingerprint density at radius 3 is 0.729 bits per heavy atom. The molecule has 0 heterocycles. The molecule has 0 aliphatic rings. The van der Waals surface area contributed by atoms with Crippen LogP contribution in [0.15, 0.2) is 46.2 Å². The third kappa shape index (κ3) is 9.10. The number of rotatable bonds is 5. The molecule has 0 aliphatic carbocycles. The van der Waals surface area contributed by atoms with Crippen LogP contribution in [-0.4, -0.2) is 15.3 Å². The van der Waals surface area contributed by atoms with Gasteiger partial charge >= 0.3 is 0 Å². The molecule has 0 amide bonds. The van der Waals surface area contributed by atoms with Crippen molar-refractivity contribution in [2.45, 2.75) is 171 Å². The Bertz CT molecular complexity index is 1450. The van der Waals surface area contributed by atoms with Gasteiger partial charge in [0.25, 0.3) is 0 Å².